The quantitative estimate of drug-likeness (QED) is 0.848. The lowest BCUT2D eigenvalue weighted by molar-refractivity contribution is 0.315. The van der Waals surface area contributed by atoms with Crippen LogP contribution in [0.15, 0.2) is 18.2 Å². The van der Waals surface area contributed by atoms with Crippen LogP contribution in [0.3, 0.4) is 0 Å². The van der Waals surface area contributed by atoms with Gasteiger partial charge >= 0.3 is 0 Å². The molecule has 0 saturated heterocycles. The molecule has 1 heteroatoms. The van der Waals surface area contributed by atoms with Gasteiger partial charge in [-0.1, -0.05) is 59.7 Å². The Kier molecular flexibility index (Phi) is 4.98. The van der Waals surface area contributed by atoms with Crippen molar-refractivity contribution in [3.63, 3.8) is 0 Å². The second-order valence-corrected chi connectivity index (χ2v) is 6.71. The van der Waals surface area contributed by atoms with Crippen LogP contribution in [-0.4, -0.2) is 11.7 Å². The van der Waals surface area contributed by atoms with Crippen molar-refractivity contribution in [1.29, 1.82) is 0 Å². The normalized spacial score (nSPS) is 12.5. The first-order valence-corrected chi connectivity index (χ1v) is 6.82. The molecule has 0 spiro atoms. The van der Waals surface area contributed by atoms with Crippen LogP contribution in [0.4, 0.5) is 0 Å². The van der Waals surface area contributed by atoms with E-state index in [0.29, 0.717) is 5.92 Å². The van der Waals surface area contributed by atoms with Gasteiger partial charge in [-0.15, -0.1) is 0 Å². The zero-order valence-corrected chi connectivity index (χ0v) is 12.7. The molecular weight excluding hydrogens is 220 g/mol. The third-order valence-corrected chi connectivity index (χ3v) is 3.23. The number of hydrogen-bond acceptors (Lipinski definition) is 1. The van der Waals surface area contributed by atoms with E-state index in [0.717, 1.165) is 12.3 Å². The Hall–Kier alpha value is -0.820. The molecule has 1 aromatic carbocycles. The number of hydrogen-bond donors (Lipinski definition) is 1. The summed E-state index contributed by atoms with van der Waals surface area (Å²) in [5, 5.41) is 9.32. The Morgan fingerprint density at radius 1 is 1.17 bits per heavy atom. The molecule has 0 amide bonds. The van der Waals surface area contributed by atoms with Gasteiger partial charge in [0.2, 0.25) is 0 Å². The summed E-state index contributed by atoms with van der Waals surface area (Å²) in [5.74, 6) is 1.70. The van der Waals surface area contributed by atoms with Crippen molar-refractivity contribution >= 4 is 0 Å². The average Bonchev–Trinajstić information content (AvgIpc) is 2.25. The zero-order valence-electron chi connectivity index (χ0n) is 12.7. The lowest BCUT2D eigenvalue weighted by Gasteiger charge is -2.23. The molecule has 0 saturated carbocycles. The predicted octanol–water partition coefficient (Wildman–Crippen LogP) is 4.12. The largest absolute Gasteiger partial charge is 0.395 e. The molecule has 1 nitrogen and oxygen atoms in total. The van der Waals surface area contributed by atoms with E-state index in [4.69, 9.17) is 0 Å². The summed E-state index contributed by atoms with van der Waals surface area (Å²) in [4.78, 5) is 0. The van der Waals surface area contributed by atoms with E-state index in [1.54, 1.807) is 0 Å². The maximum atomic E-state index is 9.32. The fraction of sp³-hybridized carbons (Fsp3) is 0.588. The van der Waals surface area contributed by atoms with E-state index in [2.05, 4.69) is 52.8 Å². The topological polar surface area (TPSA) is 20.2 Å². The number of aliphatic hydroxyl groups excluding tert-OH is 1. The average molecular weight is 247 g/mol. The van der Waals surface area contributed by atoms with Gasteiger partial charge in [0.1, 0.15) is 0 Å². The van der Waals surface area contributed by atoms with E-state index in [1.807, 2.05) is 6.92 Å². The second-order valence-electron chi connectivity index (χ2n) is 6.71. The molecule has 0 aliphatic rings. The standard InChI is InChI=1S/C17H27O/c1-12(2)7-14-8-15(13(3)11-18)10-16(9-14)17(4,5)6/h8-10,12,18H,7,11H2,1-6H3. The lowest BCUT2D eigenvalue weighted by atomic mass is 9.82. The van der Waals surface area contributed by atoms with Gasteiger partial charge in [0, 0.05) is 5.92 Å². The molecule has 101 valence electrons. The third kappa shape index (κ3) is 4.13. The molecule has 0 aliphatic carbocycles. The minimum atomic E-state index is 0.134. The fourth-order valence-corrected chi connectivity index (χ4v) is 2.05. The minimum absolute atomic E-state index is 0.134. The number of aliphatic hydroxyl groups is 1. The maximum absolute atomic E-state index is 9.32. The molecule has 1 rings (SSSR count). The number of benzene rings is 1. The van der Waals surface area contributed by atoms with Crippen LogP contribution >= 0.6 is 0 Å². The lowest BCUT2D eigenvalue weighted by Crippen LogP contribution is -2.14. The first-order chi connectivity index (χ1) is 8.24. The van der Waals surface area contributed by atoms with Gasteiger partial charge in [-0.3, -0.25) is 0 Å². The van der Waals surface area contributed by atoms with Gasteiger partial charge in [-0.25, -0.2) is 0 Å². The molecule has 0 atom stereocenters. The van der Waals surface area contributed by atoms with Crippen molar-refractivity contribution in [2.45, 2.75) is 53.4 Å². The van der Waals surface area contributed by atoms with Crippen LogP contribution < -0.4 is 0 Å². The summed E-state index contributed by atoms with van der Waals surface area (Å²) in [6, 6.07) is 6.75. The highest BCUT2D eigenvalue weighted by Gasteiger charge is 2.17. The molecule has 1 aromatic rings. The van der Waals surface area contributed by atoms with Crippen molar-refractivity contribution in [2.75, 3.05) is 6.61 Å². The summed E-state index contributed by atoms with van der Waals surface area (Å²) in [7, 11) is 0. The van der Waals surface area contributed by atoms with Crippen LogP contribution in [0.5, 0.6) is 0 Å². The molecule has 1 N–H and O–H groups in total. The summed E-state index contributed by atoms with van der Waals surface area (Å²) >= 11 is 0. The highest BCUT2D eigenvalue weighted by Crippen LogP contribution is 2.28. The highest BCUT2D eigenvalue weighted by atomic mass is 16.3. The first-order valence-electron chi connectivity index (χ1n) is 6.82. The van der Waals surface area contributed by atoms with Gasteiger partial charge in [-0.2, -0.15) is 0 Å². The Labute approximate surface area is 112 Å². The molecule has 1 radical (unpaired) electrons. The molecule has 0 aromatic heterocycles. The zero-order chi connectivity index (χ0) is 13.9. The van der Waals surface area contributed by atoms with E-state index >= 15 is 0 Å². The van der Waals surface area contributed by atoms with E-state index in [9.17, 15) is 5.11 Å². The van der Waals surface area contributed by atoms with Crippen LogP contribution in [-0.2, 0) is 11.8 Å². The van der Waals surface area contributed by atoms with E-state index < -0.39 is 0 Å². The Bertz CT molecular complexity index is 385. The first kappa shape index (κ1) is 15.2. The van der Waals surface area contributed by atoms with Gasteiger partial charge in [0.25, 0.3) is 0 Å². The van der Waals surface area contributed by atoms with Crippen LogP contribution in [0.2, 0.25) is 0 Å². The molecule has 0 bridgehead atoms. The van der Waals surface area contributed by atoms with Crippen molar-refractivity contribution in [3.8, 4) is 0 Å². The molecule has 0 unspecified atom stereocenters. The third-order valence-electron chi connectivity index (χ3n) is 3.23. The fourth-order valence-electron chi connectivity index (χ4n) is 2.05. The van der Waals surface area contributed by atoms with Gasteiger partial charge in [-0.05, 0) is 34.4 Å². The van der Waals surface area contributed by atoms with Crippen molar-refractivity contribution in [1.82, 2.24) is 0 Å². The van der Waals surface area contributed by atoms with Crippen LogP contribution in [0, 0.1) is 11.8 Å². The summed E-state index contributed by atoms with van der Waals surface area (Å²) < 4.78 is 0. The smallest absolute Gasteiger partial charge is 0.0534 e. The van der Waals surface area contributed by atoms with Crippen molar-refractivity contribution in [2.24, 2.45) is 5.92 Å². The number of rotatable bonds is 4. The minimum Gasteiger partial charge on any atom is -0.395 e. The molecule has 0 fully saturated rings. The SMILES string of the molecule is C[C](CO)c1cc(CC(C)C)cc(C(C)(C)C)c1. The van der Waals surface area contributed by atoms with Gasteiger partial charge < -0.3 is 5.11 Å². The molecule has 18 heavy (non-hydrogen) atoms. The molecule has 0 aliphatic heterocycles. The summed E-state index contributed by atoms with van der Waals surface area (Å²) in [6.07, 6.45) is 1.09. The Morgan fingerprint density at radius 3 is 2.22 bits per heavy atom. The molecule has 0 heterocycles. The van der Waals surface area contributed by atoms with E-state index in [1.165, 1.54) is 16.7 Å². The highest BCUT2D eigenvalue weighted by molar-refractivity contribution is 5.40. The Balaban J connectivity index is 3.20. The monoisotopic (exact) mass is 247 g/mol. The predicted molar refractivity (Wildman–Crippen MR) is 78.8 cm³/mol. The van der Waals surface area contributed by atoms with Crippen LogP contribution in [0.1, 0.15) is 58.2 Å². The second kappa shape index (κ2) is 5.88. The van der Waals surface area contributed by atoms with Crippen molar-refractivity contribution < 1.29 is 5.11 Å². The van der Waals surface area contributed by atoms with Crippen LogP contribution in [0.25, 0.3) is 0 Å². The van der Waals surface area contributed by atoms with Gasteiger partial charge in [0.15, 0.2) is 0 Å². The van der Waals surface area contributed by atoms with Gasteiger partial charge in [0.05, 0.1) is 6.61 Å². The van der Waals surface area contributed by atoms with E-state index in [-0.39, 0.29) is 12.0 Å². The maximum Gasteiger partial charge on any atom is 0.0534 e. The molecular formula is C17H27O. The Morgan fingerprint density at radius 2 is 1.78 bits per heavy atom. The summed E-state index contributed by atoms with van der Waals surface area (Å²) in [5.41, 5.74) is 4.06. The van der Waals surface area contributed by atoms with Crippen molar-refractivity contribution in [3.05, 3.63) is 40.8 Å². The summed E-state index contributed by atoms with van der Waals surface area (Å²) in [6.45, 7) is 13.3.